The number of carbonyl (C=O) groups excluding carboxylic acids is 2. The number of aromatic nitrogens is 1. The molecule has 1 N–H and O–H groups in total. The number of allylic oxidation sites excluding steroid dienone is 1. The van der Waals surface area contributed by atoms with Crippen molar-refractivity contribution < 1.29 is 18.7 Å². The van der Waals surface area contributed by atoms with Crippen LogP contribution in [0, 0.1) is 5.92 Å². The Morgan fingerprint density at radius 1 is 1.36 bits per heavy atom. The van der Waals surface area contributed by atoms with Gasteiger partial charge in [-0.1, -0.05) is 6.92 Å². The molecule has 2 amide bonds. The number of ether oxygens (including phenoxy) is 1. The lowest BCUT2D eigenvalue weighted by molar-refractivity contribution is -0.126. The molecule has 5 rings (SSSR count). The molecule has 4 aliphatic heterocycles. The smallest absolute Gasteiger partial charge is 0.256 e. The molecule has 9 heteroatoms. The number of carbonyl (C=O) groups is 2. The van der Waals surface area contributed by atoms with Crippen LogP contribution in [0.5, 0.6) is 5.75 Å². The lowest BCUT2D eigenvalue weighted by Crippen LogP contribution is -2.49. The Kier molecular flexibility index (Phi) is 5.14. The molecule has 33 heavy (non-hydrogen) atoms. The van der Waals surface area contributed by atoms with Gasteiger partial charge in [0.25, 0.3) is 11.8 Å². The maximum atomic E-state index is 14.5. The molecule has 8 nitrogen and oxygen atoms in total. The SMILES string of the molecule is CC1=CNC2C=C(N3CCOc4cc(C(=O)N5CCC(C)(F)C(C)C5)cnc43)C=CN2C1=O. The van der Waals surface area contributed by atoms with E-state index < -0.39 is 5.67 Å². The van der Waals surface area contributed by atoms with Crippen LogP contribution in [0.1, 0.15) is 37.6 Å². The van der Waals surface area contributed by atoms with Gasteiger partial charge in [0.2, 0.25) is 0 Å². The van der Waals surface area contributed by atoms with Gasteiger partial charge >= 0.3 is 0 Å². The van der Waals surface area contributed by atoms with Crippen molar-refractivity contribution in [1.82, 2.24) is 20.1 Å². The number of rotatable bonds is 2. The highest BCUT2D eigenvalue weighted by Gasteiger charge is 2.38. The third-order valence-electron chi connectivity index (χ3n) is 6.98. The van der Waals surface area contributed by atoms with Gasteiger partial charge in [-0.2, -0.15) is 0 Å². The fourth-order valence-corrected chi connectivity index (χ4v) is 4.57. The number of nitrogens with one attached hydrogen (secondary N) is 1. The zero-order valence-corrected chi connectivity index (χ0v) is 19.0. The standard InChI is InChI=1S/C24H28FN5O3/c1-15-12-26-20-11-18(4-6-30(20)22(15)31)29-8-9-33-19-10-17(13-27-21(19)29)23(32)28-7-5-24(3,25)16(2)14-28/h4,6,10-13,16,20,26H,5,7-9,14H2,1-3H3. The molecule has 4 aliphatic rings. The number of alkyl halides is 1. The predicted octanol–water partition coefficient (Wildman–Crippen LogP) is 2.56. The average molecular weight is 454 g/mol. The Morgan fingerprint density at radius 3 is 2.97 bits per heavy atom. The molecule has 0 aliphatic carbocycles. The van der Waals surface area contributed by atoms with Gasteiger partial charge in [0, 0.05) is 48.9 Å². The summed E-state index contributed by atoms with van der Waals surface area (Å²) >= 11 is 0. The predicted molar refractivity (Wildman–Crippen MR) is 121 cm³/mol. The summed E-state index contributed by atoms with van der Waals surface area (Å²) in [6, 6.07) is 1.72. The van der Waals surface area contributed by atoms with Crippen LogP contribution < -0.4 is 15.0 Å². The van der Waals surface area contributed by atoms with Gasteiger partial charge in [0.1, 0.15) is 18.4 Å². The van der Waals surface area contributed by atoms with E-state index in [-0.39, 0.29) is 23.9 Å². The van der Waals surface area contributed by atoms with Crippen LogP contribution in [0.4, 0.5) is 10.2 Å². The minimum Gasteiger partial charge on any atom is -0.488 e. The Balaban J connectivity index is 1.37. The number of halogens is 1. The van der Waals surface area contributed by atoms with Crippen LogP contribution in [-0.4, -0.2) is 64.7 Å². The fourth-order valence-electron chi connectivity index (χ4n) is 4.57. The van der Waals surface area contributed by atoms with Crippen molar-refractivity contribution in [2.75, 3.05) is 31.1 Å². The van der Waals surface area contributed by atoms with E-state index in [1.807, 2.05) is 24.0 Å². The first kappa shape index (κ1) is 21.5. The van der Waals surface area contributed by atoms with Gasteiger partial charge in [0.15, 0.2) is 11.6 Å². The first-order valence-corrected chi connectivity index (χ1v) is 11.3. The van der Waals surface area contributed by atoms with E-state index in [2.05, 4.69) is 10.3 Å². The number of likely N-dealkylation sites (tertiary alicyclic amines) is 1. The molecule has 174 valence electrons. The van der Waals surface area contributed by atoms with Crippen LogP contribution >= 0.6 is 0 Å². The van der Waals surface area contributed by atoms with Crippen molar-refractivity contribution in [2.24, 2.45) is 5.92 Å². The highest BCUT2D eigenvalue weighted by molar-refractivity contribution is 5.95. The van der Waals surface area contributed by atoms with E-state index in [4.69, 9.17) is 4.74 Å². The Hall–Kier alpha value is -3.36. The molecule has 1 aromatic rings. The average Bonchev–Trinajstić information content (AvgIpc) is 2.82. The number of anilines is 1. The molecule has 5 heterocycles. The summed E-state index contributed by atoms with van der Waals surface area (Å²) in [5, 5.41) is 3.22. The summed E-state index contributed by atoms with van der Waals surface area (Å²) in [5.41, 5.74) is 0.734. The second-order valence-corrected chi connectivity index (χ2v) is 9.28. The second-order valence-electron chi connectivity index (χ2n) is 9.28. The monoisotopic (exact) mass is 453 g/mol. The quantitative estimate of drug-likeness (QED) is 0.742. The van der Waals surface area contributed by atoms with E-state index >= 15 is 0 Å². The van der Waals surface area contributed by atoms with E-state index in [1.165, 1.54) is 0 Å². The maximum absolute atomic E-state index is 14.5. The van der Waals surface area contributed by atoms with Crippen molar-refractivity contribution >= 4 is 17.6 Å². The van der Waals surface area contributed by atoms with Gasteiger partial charge in [-0.15, -0.1) is 0 Å². The molecule has 1 saturated heterocycles. The number of piperidine rings is 1. The summed E-state index contributed by atoms with van der Waals surface area (Å²) in [6.45, 7) is 7.02. The van der Waals surface area contributed by atoms with Crippen LogP contribution in [0.3, 0.4) is 0 Å². The molecule has 0 spiro atoms. The minimum absolute atomic E-state index is 0.0333. The van der Waals surface area contributed by atoms with Crippen molar-refractivity contribution in [3.05, 3.63) is 53.6 Å². The molecular weight excluding hydrogens is 425 g/mol. The molecular formula is C24H28FN5O3. The first-order chi connectivity index (χ1) is 15.7. The summed E-state index contributed by atoms with van der Waals surface area (Å²) in [6.07, 6.45) is 8.97. The zero-order valence-electron chi connectivity index (χ0n) is 19.0. The van der Waals surface area contributed by atoms with E-state index in [0.29, 0.717) is 55.4 Å². The Labute approximate surface area is 192 Å². The number of fused-ring (bicyclic) bond motifs is 2. The van der Waals surface area contributed by atoms with Gasteiger partial charge in [-0.25, -0.2) is 9.37 Å². The third-order valence-corrected chi connectivity index (χ3v) is 6.98. The zero-order chi connectivity index (χ0) is 23.3. The molecule has 0 bridgehead atoms. The summed E-state index contributed by atoms with van der Waals surface area (Å²) in [4.78, 5) is 35.4. The van der Waals surface area contributed by atoms with Crippen LogP contribution in [-0.2, 0) is 4.79 Å². The normalized spacial score (nSPS) is 28.8. The van der Waals surface area contributed by atoms with Crippen LogP contribution in [0.2, 0.25) is 0 Å². The van der Waals surface area contributed by atoms with Gasteiger partial charge < -0.3 is 19.9 Å². The fraction of sp³-hybridized carbons (Fsp3) is 0.458. The number of hydrogen-bond donors (Lipinski definition) is 1. The van der Waals surface area contributed by atoms with Crippen molar-refractivity contribution in [1.29, 1.82) is 0 Å². The molecule has 0 radical (unpaired) electrons. The summed E-state index contributed by atoms with van der Waals surface area (Å²) < 4.78 is 20.3. The largest absolute Gasteiger partial charge is 0.488 e. The minimum atomic E-state index is -1.25. The Bertz CT molecular complexity index is 1100. The number of nitrogens with zero attached hydrogens (tertiary/aromatic N) is 4. The molecule has 1 fully saturated rings. The number of pyridine rings is 1. The maximum Gasteiger partial charge on any atom is 0.256 e. The highest BCUT2D eigenvalue weighted by Crippen LogP contribution is 2.36. The summed E-state index contributed by atoms with van der Waals surface area (Å²) in [7, 11) is 0. The highest BCUT2D eigenvalue weighted by atomic mass is 19.1. The van der Waals surface area contributed by atoms with E-state index in [0.717, 1.165) is 5.70 Å². The lowest BCUT2D eigenvalue weighted by atomic mass is 9.85. The molecule has 0 aromatic carbocycles. The Morgan fingerprint density at radius 2 is 2.18 bits per heavy atom. The number of hydrogen-bond acceptors (Lipinski definition) is 6. The van der Waals surface area contributed by atoms with Crippen molar-refractivity contribution in [3.8, 4) is 5.75 Å². The molecule has 3 atom stereocenters. The van der Waals surface area contributed by atoms with Crippen molar-refractivity contribution in [2.45, 2.75) is 39.0 Å². The van der Waals surface area contributed by atoms with Gasteiger partial charge in [-0.3, -0.25) is 14.5 Å². The second kappa shape index (κ2) is 7.90. The van der Waals surface area contributed by atoms with Gasteiger partial charge in [0.05, 0.1) is 12.1 Å². The molecule has 1 aromatic heterocycles. The number of amides is 2. The lowest BCUT2D eigenvalue weighted by Gasteiger charge is -2.39. The van der Waals surface area contributed by atoms with E-state index in [1.54, 1.807) is 48.3 Å². The third kappa shape index (κ3) is 3.75. The summed E-state index contributed by atoms with van der Waals surface area (Å²) in [5.74, 6) is 0.741. The van der Waals surface area contributed by atoms with Crippen LogP contribution in [0.25, 0.3) is 0 Å². The van der Waals surface area contributed by atoms with E-state index in [9.17, 15) is 14.0 Å². The van der Waals surface area contributed by atoms with Gasteiger partial charge in [-0.05, 0) is 38.5 Å². The molecule has 0 saturated carbocycles. The van der Waals surface area contributed by atoms with Crippen LogP contribution in [0.15, 0.2) is 48.1 Å². The molecule has 3 unspecified atom stereocenters. The first-order valence-electron chi connectivity index (χ1n) is 11.3. The van der Waals surface area contributed by atoms with Crippen molar-refractivity contribution in [3.63, 3.8) is 0 Å². The topological polar surface area (TPSA) is 78.0 Å².